The summed E-state index contributed by atoms with van der Waals surface area (Å²) in [5.74, 6) is -0.0200. The summed E-state index contributed by atoms with van der Waals surface area (Å²) >= 11 is 1.21. The van der Waals surface area contributed by atoms with Gasteiger partial charge in [-0.05, 0) is 62.2 Å². The Bertz CT molecular complexity index is 906. The molecule has 0 aliphatic heterocycles. The largest absolute Gasteiger partial charge is 0.411 e. The lowest BCUT2D eigenvalue weighted by Crippen LogP contribution is -2.13. The predicted octanol–water partition coefficient (Wildman–Crippen LogP) is 4.86. The minimum atomic E-state index is -0.358. The van der Waals surface area contributed by atoms with Crippen molar-refractivity contribution in [2.45, 2.75) is 31.2 Å². The zero-order valence-corrected chi connectivity index (χ0v) is 14.9. The van der Waals surface area contributed by atoms with Gasteiger partial charge in [0.2, 0.25) is 5.89 Å². The quantitative estimate of drug-likeness (QED) is 0.483. The van der Waals surface area contributed by atoms with Crippen molar-refractivity contribution in [2.24, 2.45) is 0 Å². The van der Waals surface area contributed by atoms with E-state index in [1.54, 1.807) is 12.1 Å². The highest BCUT2D eigenvalue weighted by atomic mass is 32.2. The number of carbonyl (C=O) groups excluding carboxylic acids is 1. The molecule has 0 aliphatic carbocycles. The van der Waals surface area contributed by atoms with Crippen molar-refractivity contribution in [3.05, 3.63) is 65.0 Å². The van der Waals surface area contributed by atoms with Gasteiger partial charge >= 0.3 is 0 Å². The molecular weight excluding hydrogens is 339 g/mol. The van der Waals surface area contributed by atoms with Crippen LogP contribution in [0, 0.1) is 19.7 Å². The van der Waals surface area contributed by atoms with Gasteiger partial charge in [0.25, 0.3) is 5.22 Å². The van der Waals surface area contributed by atoms with Crippen LogP contribution in [0.3, 0.4) is 0 Å². The van der Waals surface area contributed by atoms with Crippen molar-refractivity contribution in [2.75, 3.05) is 0 Å². The molecule has 0 spiro atoms. The number of thioether (sulfide) groups is 1. The molecule has 0 fully saturated rings. The minimum absolute atomic E-state index is 0.00892. The van der Waals surface area contributed by atoms with Crippen LogP contribution in [-0.4, -0.2) is 21.2 Å². The molecule has 4 nitrogen and oxygen atoms in total. The number of carbonyl (C=O) groups is 1. The number of aryl methyl sites for hydroxylation is 2. The number of hydrogen-bond acceptors (Lipinski definition) is 5. The van der Waals surface area contributed by atoms with Crippen molar-refractivity contribution in [3.63, 3.8) is 0 Å². The molecule has 3 rings (SSSR count). The van der Waals surface area contributed by atoms with E-state index in [0.717, 1.165) is 11.1 Å². The Morgan fingerprint density at radius 3 is 2.48 bits per heavy atom. The maximum atomic E-state index is 13.0. The Morgan fingerprint density at radius 1 is 1.08 bits per heavy atom. The van der Waals surface area contributed by atoms with Crippen molar-refractivity contribution in [1.82, 2.24) is 10.2 Å². The molecule has 0 radical (unpaired) electrons. The van der Waals surface area contributed by atoms with Crippen LogP contribution < -0.4 is 0 Å². The van der Waals surface area contributed by atoms with E-state index in [9.17, 15) is 9.18 Å². The molecular formula is C19H17FN2O2S. The fraction of sp³-hybridized carbons (Fsp3) is 0.211. The molecule has 1 heterocycles. The van der Waals surface area contributed by atoms with E-state index in [4.69, 9.17) is 4.42 Å². The number of halogens is 1. The Morgan fingerprint density at radius 2 is 1.80 bits per heavy atom. The van der Waals surface area contributed by atoms with E-state index in [1.807, 2.05) is 39.0 Å². The molecule has 0 N–H and O–H groups in total. The van der Waals surface area contributed by atoms with Gasteiger partial charge in [-0.3, -0.25) is 4.79 Å². The average Bonchev–Trinajstić information content (AvgIpc) is 3.05. The molecule has 2 aromatic carbocycles. The second-order valence-corrected chi connectivity index (χ2v) is 7.10. The third-order valence-corrected chi connectivity index (χ3v) is 4.87. The first-order valence-corrected chi connectivity index (χ1v) is 8.69. The summed E-state index contributed by atoms with van der Waals surface area (Å²) in [5, 5.41) is 7.87. The maximum Gasteiger partial charge on any atom is 0.277 e. The molecule has 0 aliphatic rings. The minimum Gasteiger partial charge on any atom is -0.411 e. The lowest BCUT2D eigenvalue weighted by molar-refractivity contribution is 0.0993. The molecule has 0 amide bonds. The number of hydrogen-bond donors (Lipinski definition) is 0. The number of nitrogens with zero attached hydrogens (tertiary/aromatic N) is 2. The van der Waals surface area contributed by atoms with Crippen LogP contribution in [-0.2, 0) is 0 Å². The lowest BCUT2D eigenvalue weighted by atomic mass is 10.0. The second-order valence-electron chi connectivity index (χ2n) is 5.80. The molecule has 128 valence electrons. The van der Waals surface area contributed by atoms with Crippen LogP contribution in [0.2, 0.25) is 0 Å². The summed E-state index contributed by atoms with van der Waals surface area (Å²) < 4.78 is 18.5. The highest BCUT2D eigenvalue weighted by molar-refractivity contribution is 8.00. The summed E-state index contributed by atoms with van der Waals surface area (Å²) in [6.45, 7) is 5.80. The van der Waals surface area contributed by atoms with Gasteiger partial charge in [-0.1, -0.05) is 23.9 Å². The normalized spacial score (nSPS) is 12.2. The fourth-order valence-corrected chi connectivity index (χ4v) is 3.06. The van der Waals surface area contributed by atoms with Crippen LogP contribution in [0.1, 0.15) is 28.4 Å². The highest BCUT2D eigenvalue weighted by Gasteiger charge is 2.20. The summed E-state index contributed by atoms with van der Waals surface area (Å²) in [4.78, 5) is 12.6. The van der Waals surface area contributed by atoms with E-state index >= 15 is 0 Å². The summed E-state index contributed by atoms with van der Waals surface area (Å²) in [6.07, 6.45) is 0. The molecule has 0 bridgehead atoms. The Hall–Kier alpha value is -2.47. The summed E-state index contributed by atoms with van der Waals surface area (Å²) in [7, 11) is 0. The molecule has 6 heteroatoms. The number of Topliss-reactive ketones (excluding diaryl/α,β-unsaturated/α-hetero) is 1. The highest BCUT2D eigenvalue weighted by Crippen LogP contribution is 2.28. The Labute approximate surface area is 149 Å². The monoisotopic (exact) mass is 356 g/mol. The first-order chi connectivity index (χ1) is 11.9. The topological polar surface area (TPSA) is 56.0 Å². The van der Waals surface area contributed by atoms with Crippen LogP contribution in [0.5, 0.6) is 0 Å². The molecule has 25 heavy (non-hydrogen) atoms. The molecule has 1 atom stereocenters. The lowest BCUT2D eigenvalue weighted by Gasteiger charge is -2.09. The van der Waals surface area contributed by atoms with Gasteiger partial charge in [0.05, 0.1) is 5.25 Å². The van der Waals surface area contributed by atoms with E-state index in [1.165, 1.54) is 23.9 Å². The van der Waals surface area contributed by atoms with Crippen LogP contribution in [0.25, 0.3) is 11.5 Å². The molecule has 3 aromatic rings. The van der Waals surface area contributed by atoms with Gasteiger partial charge in [-0.15, -0.1) is 10.2 Å². The van der Waals surface area contributed by atoms with E-state index in [2.05, 4.69) is 10.2 Å². The van der Waals surface area contributed by atoms with Gasteiger partial charge in [-0.25, -0.2) is 4.39 Å². The van der Waals surface area contributed by atoms with E-state index in [-0.39, 0.29) is 16.9 Å². The summed E-state index contributed by atoms with van der Waals surface area (Å²) in [5.41, 5.74) is 3.53. The fourth-order valence-electron chi connectivity index (χ4n) is 2.30. The second kappa shape index (κ2) is 7.19. The summed E-state index contributed by atoms with van der Waals surface area (Å²) in [6, 6.07) is 11.5. The maximum absolute atomic E-state index is 13.0. The van der Waals surface area contributed by atoms with Gasteiger partial charge in [0.15, 0.2) is 5.78 Å². The zero-order chi connectivity index (χ0) is 18.0. The van der Waals surface area contributed by atoms with E-state index in [0.29, 0.717) is 22.2 Å². The van der Waals surface area contributed by atoms with Crippen molar-refractivity contribution in [3.8, 4) is 11.5 Å². The molecule has 0 saturated heterocycles. The Kier molecular flexibility index (Phi) is 4.99. The van der Waals surface area contributed by atoms with Gasteiger partial charge in [0.1, 0.15) is 5.82 Å². The van der Waals surface area contributed by atoms with Crippen LogP contribution in [0.15, 0.2) is 52.1 Å². The molecule has 1 aromatic heterocycles. The SMILES string of the molecule is Cc1ccc(C(=O)[C@@H](C)Sc2nnc(-c3ccc(F)cc3)o2)cc1C. The zero-order valence-electron chi connectivity index (χ0n) is 14.1. The third kappa shape index (κ3) is 3.96. The van der Waals surface area contributed by atoms with Gasteiger partial charge in [0, 0.05) is 11.1 Å². The van der Waals surface area contributed by atoms with Crippen LogP contribution in [0.4, 0.5) is 4.39 Å². The molecule has 0 saturated carbocycles. The van der Waals surface area contributed by atoms with Gasteiger partial charge < -0.3 is 4.42 Å². The Balaban J connectivity index is 1.72. The number of rotatable bonds is 5. The third-order valence-electron chi connectivity index (χ3n) is 3.94. The number of benzene rings is 2. The standard InChI is InChI=1S/C19H17FN2O2S/c1-11-4-5-15(10-12(11)2)17(23)13(3)25-19-22-21-18(24-19)14-6-8-16(20)9-7-14/h4-10,13H,1-3H3/t13-/m1/s1. The smallest absolute Gasteiger partial charge is 0.277 e. The van der Waals surface area contributed by atoms with Crippen molar-refractivity contribution >= 4 is 17.5 Å². The predicted molar refractivity (Wildman–Crippen MR) is 95.3 cm³/mol. The van der Waals surface area contributed by atoms with E-state index < -0.39 is 0 Å². The molecule has 0 unspecified atom stereocenters. The first-order valence-electron chi connectivity index (χ1n) is 7.81. The van der Waals surface area contributed by atoms with Crippen molar-refractivity contribution < 1.29 is 13.6 Å². The van der Waals surface area contributed by atoms with Gasteiger partial charge in [-0.2, -0.15) is 0 Å². The average molecular weight is 356 g/mol. The van der Waals surface area contributed by atoms with Crippen LogP contribution >= 0.6 is 11.8 Å². The number of aromatic nitrogens is 2. The first kappa shape index (κ1) is 17.4. The number of ketones is 1. The van der Waals surface area contributed by atoms with Crippen molar-refractivity contribution in [1.29, 1.82) is 0 Å².